The van der Waals surface area contributed by atoms with Gasteiger partial charge in [-0.25, -0.2) is 0 Å². The van der Waals surface area contributed by atoms with Gasteiger partial charge in [0.2, 0.25) is 0 Å². The van der Waals surface area contributed by atoms with Gasteiger partial charge in [-0.3, -0.25) is 9.67 Å². The average Bonchev–Trinajstić information content (AvgIpc) is 2.97. The highest BCUT2D eigenvalue weighted by atomic mass is 15.3. The third kappa shape index (κ3) is 2.54. The Kier molecular flexibility index (Phi) is 3.60. The molecule has 100 valence electrons. The summed E-state index contributed by atoms with van der Waals surface area (Å²) in [5.74, 6) is 0.548. The molecule has 3 rings (SSSR count). The van der Waals surface area contributed by atoms with Crippen LogP contribution in [0.15, 0.2) is 30.5 Å². The van der Waals surface area contributed by atoms with Crippen LogP contribution in [0.2, 0.25) is 0 Å². The molecule has 0 amide bonds. The van der Waals surface area contributed by atoms with Gasteiger partial charge >= 0.3 is 0 Å². The maximum Gasteiger partial charge on any atom is 0.0886 e. The minimum Gasteiger partial charge on any atom is -0.316 e. The summed E-state index contributed by atoms with van der Waals surface area (Å²) in [6.45, 7) is 5.16. The van der Waals surface area contributed by atoms with Crippen LogP contribution in [0.5, 0.6) is 0 Å². The van der Waals surface area contributed by atoms with E-state index < -0.39 is 0 Å². The van der Waals surface area contributed by atoms with Crippen LogP contribution >= 0.6 is 0 Å². The van der Waals surface area contributed by atoms with Crippen LogP contribution in [-0.4, -0.2) is 27.9 Å². The predicted molar refractivity (Wildman–Crippen MR) is 76.0 cm³/mol. The lowest BCUT2D eigenvalue weighted by Gasteiger charge is -2.22. The molecule has 1 fully saturated rings. The zero-order valence-electron chi connectivity index (χ0n) is 11.3. The molecule has 0 aliphatic carbocycles. The zero-order chi connectivity index (χ0) is 13.1. The number of hydrogen-bond acceptors (Lipinski definition) is 3. The number of aromatic nitrogens is 3. The maximum absolute atomic E-state index is 4.85. The number of aryl methyl sites for hydroxylation is 1. The van der Waals surface area contributed by atoms with Gasteiger partial charge in [0.1, 0.15) is 0 Å². The number of nitrogens with one attached hydrogen (secondary N) is 1. The normalized spacial score (nSPS) is 19.5. The van der Waals surface area contributed by atoms with Crippen molar-refractivity contribution in [3.05, 3.63) is 36.2 Å². The number of pyridine rings is 1. The standard InChI is InChI=1S/C15H20N4/c1-2-19-15(8-10-17-19)14-7-3-6-13(18-14)12-5-4-9-16-11-12/h3,6-8,10,12,16H,2,4-5,9,11H2,1H3/t12-/m0/s1. The summed E-state index contributed by atoms with van der Waals surface area (Å²) in [5, 5.41) is 7.77. The molecule has 1 atom stereocenters. The first-order valence-electron chi connectivity index (χ1n) is 7.08. The van der Waals surface area contributed by atoms with Crippen molar-refractivity contribution in [2.45, 2.75) is 32.2 Å². The van der Waals surface area contributed by atoms with Crippen molar-refractivity contribution in [2.24, 2.45) is 0 Å². The van der Waals surface area contributed by atoms with E-state index in [1.807, 2.05) is 16.9 Å². The lowest BCUT2D eigenvalue weighted by Crippen LogP contribution is -2.28. The van der Waals surface area contributed by atoms with Crippen molar-refractivity contribution in [1.82, 2.24) is 20.1 Å². The molecule has 1 aliphatic rings. The topological polar surface area (TPSA) is 42.7 Å². The second kappa shape index (κ2) is 5.53. The summed E-state index contributed by atoms with van der Waals surface area (Å²) in [7, 11) is 0. The summed E-state index contributed by atoms with van der Waals surface area (Å²) >= 11 is 0. The number of nitrogens with zero attached hydrogens (tertiary/aromatic N) is 3. The van der Waals surface area contributed by atoms with Crippen molar-refractivity contribution in [3.8, 4) is 11.4 Å². The molecule has 1 N–H and O–H groups in total. The van der Waals surface area contributed by atoms with Gasteiger partial charge in [0, 0.05) is 30.9 Å². The minimum atomic E-state index is 0.548. The first kappa shape index (κ1) is 12.4. The van der Waals surface area contributed by atoms with Crippen LogP contribution in [0, 0.1) is 0 Å². The summed E-state index contributed by atoms with van der Waals surface area (Å²) in [6.07, 6.45) is 4.31. The molecule has 2 aromatic heterocycles. The molecule has 0 aromatic carbocycles. The number of piperidine rings is 1. The van der Waals surface area contributed by atoms with Gasteiger partial charge in [-0.1, -0.05) is 6.07 Å². The van der Waals surface area contributed by atoms with E-state index in [9.17, 15) is 0 Å². The zero-order valence-corrected chi connectivity index (χ0v) is 11.3. The van der Waals surface area contributed by atoms with Gasteiger partial charge < -0.3 is 5.32 Å². The van der Waals surface area contributed by atoms with Gasteiger partial charge in [-0.15, -0.1) is 0 Å². The molecule has 19 heavy (non-hydrogen) atoms. The lowest BCUT2D eigenvalue weighted by molar-refractivity contribution is 0.455. The number of hydrogen-bond donors (Lipinski definition) is 1. The Morgan fingerprint density at radius 1 is 1.37 bits per heavy atom. The fourth-order valence-electron chi connectivity index (χ4n) is 2.73. The molecule has 3 heterocycles. The van der Waals surface area contributed by atoms with E-state index in [0.29, 0.717) is 5.92 Å². The molecular formula is C15H20N4. The van der Waals surface area contributed by atoms with Crippen LogP contribution in [0.3, 0.4) is 0 Å². The second-order valence-corrected chi connectivity index (χ2v) is 5.02. The van der Waals surface area contributed by atoms with Crippen LogP contribution in [-0.2, 0) is 6.54 Å². The fraction of sp³-hybridized carbons (Fsp3) is 0.467. The highest BCUT2D eigenvalue weighted by Gasteiger charge is 2.17. The minimum absolute atomic E-state index is 0.548. The molecule has 0 spiro atoms. The van der Waals surface area contributed by atoms with E-state index in [1.165, 1.54) is 18.5 Å². The van der Waals surface area contributed by atoms with Crippen LogP contribution in [0.25, 0.3) is 11.4 Å². The highest BCUT2D eigenvalue weighted by molar-refractivity contribution is 5.54. The quantitative estimate of drug-likeness (QED) is 0.917. The average molecular weight is 256 g/mol. The summed E-state index contributed by atoms with van der Waals surface area (Å²) in [6, 6.07) is 8.37. The summed E-state index contributed by atoms with van der Waals surface area (Å²) in [4.78, 5) is 4.85. The third-order valence-electron chi connectivity index (χ3n) is 3.76. The van der Waals surface area contributed by atoms with Crippen molar-refractivity contribution < 1.29 is 0 Å². The molecule has 0 saturated carbocycles. The molecular weight excluding hydrogens is 236 g/mol. The van der Waals surface area contributed by atoms with Crippen molar-refractivity contribution >= 4 is 0 Å². The Labute approximate surface area is 113 Å². The van der Waals surface area contributed by atoms with E-state index >= 15 is 0 Å². The molecule has 1 saturated heterocycles. The van der Waals surface area contributed by atoms with E-state index in [4.69, 9.17) is 4.98 Å². The first-order chi connectivity index (χ1) is 9.38. The molecule has 0 radical (unpaired) electrons. The second-order valence-electron chi connectivity index (χ2n) is 5.02. The number of rotatable bonds is 3. The Hall–Kier alpha value is -1.68. The molecule has 4 heteroatoms. The van der Waals surface area contributed by atoms with E-state index in [-0.39, 0.29) is 0 Å². The van der Waals surface area contributed by atoms with Gasteiger partial charge in [-0.2, -0.15) is 5.10 Å². The van der Waals surface area contributed by atoms with Crippen LogP contribution in [0.1, 0.15) is 31.4 Å². The van der Waals surface area contributed by atoms with Crippen molar-refractivity contribution in [2.75, 3.05) is 13.1 Å². The SMILES string of the molecule is CCn1nccc1-c1cccc([C@H]2CCCNC2)n1. The lowest BCUT2D eigenvalue weighted by atomic mass is 9.95. The van der Waals surface area contributed by atoms with Crippen molar-refractivity contribution in [3.63, 3.8) is 0 Å². The van der Waals surface area contributed by atoms with Gasteiger partial charge in [0.15, 0.2) is 0 Å². The molecule has 2 aromatic rings. The van der Waals surface area contributed by atoms with E-state index in [0.717, 1.165) is 31.0 Å². The fourth-order valence-corrected chi connectivity index (χ4v) is 2.73. The third-order valence-corrected chi connectivity index (χ3v) is 3.76. The first-order valence-corrected chi connectivity index (χ1v) is 7.08. The maximum atomic E-state index is 4.85. The van der Waals surface area contributed by atoms with Crippen LogP contribution < -0.4 is 5.32 Å². The van der Waals surface area contributed by atoms with E-state index in [2.05, 4.69) is 35.5 Å². The van der Waals surface area contributed by atoms with Gasteiger partial charge in [0.05, 0.1) is 11.4 Å². The smallest absolute Gasteiger partial charge is 0.0886 e. The monoisotopic (exact) mass is 256 g/mol. The predicted octanol–water partition coefficient (Wildman–Crippen LogP) is 2.43. The molecule has 0 unspecified atom stereocenters. The Bertz CT molecular complexity index is 541. The Morgan fingerprint density at radius 3 is 3.11 bits per heavy atom. The molecule has 1 aliphatic heterocycles. The summed E-state index contributed by atoms with van der Waals surface area (Å²) in [5.41, 5.74) is 3.34. The van der Waals surface area contributed by atoms with Crippen LogP contribution in [0.4, 0.5) is 0 Å². The largest absolute Gasteiger partial charge is 0.316 e. The summed E-state index contributed by atoms with van der Waals surface area (Å²) < 4.78 is 1.99. The molecule has 4 nitrogen and oxygen atoms in total. The van der Waals surface area contributed by atoms with E-state index in [1.54, 1.807) is 0 Å². The van der Waals surface area contributed by atoms with Gasteiger partial charge in [-0.05, 0) is 44.5 Å². The van der Waals surface area contributed by atoms with Gasteiger partial charge in [0.25, 0.3) is 0 Å². The Balaban J connectivity index is 1.91. The Morgan fingerprint density at radius 2 is 2.32 bits per heavy atom. The van der Waals surface area contributed by atoms with Crippen molar-refractivity contribution in [1.29, 1.82) is 0 Å². The highest BCUT2D eigenvalue weighted by Crippen LogP contribution is 2.24. The molecule has 0 bridgehead atoms.